The number of hydrogen-bond donors (Lipinski definition) is 2. The van der Waals surface area contributed by atoms with E-state index in [0.29, 0.717) is 0 Å². The molecule has 0 saturated carbocycles. The largest absolute Gasteiger partial charge is 0.381 e. The molecule has 1 amide bonds. The van der Waals surface area contributed by atoms with Crippen LogP contribution in [0.4, 0.5) is 0 Å². The fourth-order valence-electron chi connectivity index (χ4n) is 0.352. The second-order valence-electron chi connectivity index (χ2n) is 2.07. The van der Waals surface area contributed by atoms with E-state index in [0.717, 1.165) is 0 Å². The molecule has 0 fully saturated rings. The van der Waals surface area contributed by atoms with Gasteiger partial charge in [-0.15, -0.1) is 0 Å². The lowest BCUT2D eigenvalue weighted by Gasteiger charge is -2.16. The van der Waals surface area contributed by atoms with Crippen LogP contribution in [0.25, 0.3) is 0 Å². The van der Waals surface area contributed by atoms with E-state index < -0.39 is 11.5 Å². The van der Waals surface area contributed by atoms with Crippen LogP contribution >= 0.6 is 0 Å². The smallest absolute Gasteiger partial charge is 0.251 e. The number of methoxy groups -OCH3 is 1. The number of carbonyl (C=O) groups excluding carboxylic acids is 1. The zero-order valence-corrected chi connectivity index (χ0v) is 5.55. The van der Waals surface area contributed by atoms with Gasteiger partial charge in [-0.05, 0) is 6.92 Å². The van der Waals surface area contributed by atoms with Gasteiger partial charge in [-0.2, -0.15) is 0 Å². The Kier molecular flexibility index (Phi) is 2.61. The van der Waals surface area contributed by atoms with Crippen molar-refractivity contribution in [1.82, 2.24) is 0 Å². The van der Waals surface area contributed by atoms with Crippen molar-refractivity contribution in [2.75, 3.05) is 13.7 Å². The van der Waals surface area contributed by atoms with Crippen molar-refractivity contribution in [3.05, 3.63) is 0 Å². The van der Waals surface area contributed by atoms with Crippen LogP contribution in [0, 0.1) is 0 Å². The first-order valence-electron chi connectivity index (χ1n) is 2.52. The molecule has 4 nitrogen and oxygen atoms in total. The Morgan fingerprint density at radius 1 is 1.89 bits per heavy atom. The van der Waals surface area contributed by atoms with Crippen molar-refractivity contribution in [2.45, 2.75) is 12.5 Å². The first kappa shape index (κ1) is 8.39. The predicted octanol–water partition coefficient (Wildman–Crippen LogP) is -1.13. The summed E-state index contributed by atoms with van der Waals surface area (Å²) in [6.07, 6.45) is 0. The van der Waals surface area contributed by atoms with E-state index in [1.165, 1.54) is 14.0 Å². The molecule has 0 aromatic carbocycles. The van der Waals surface area contributed by atoms with Crippen LogP contribution in [0.2, 0.25) is 0 Å². The number of rotatable bonds is 3. The molecule has 3 N–H and O–H groups in total. The van der Waals surface area contributed by atoms with Gasteiger partial charge in [0.25, 0.3) is 5.91 Å². The minimum atomic E-state index is -1.53. The van der Waals surface area contributed by atoms with Gasteiger partial charge in [0.2, 0.25) is 0 Å². The molecule has 1 atom stereocenters. The Bertz CT molecular complexity index is 111. The van der Waals surface area contributed by atoms with E-state index in [1.54, 1.807) is 0 Å². The molecule has 0 radical (unpaired) electrons. The molecule has 0 aromatic rings. The quantitative estimate of drug-likeness (QED) is 0.511. The van der Waals surface area contributed by atoms with E-state index in [9.17, 15) is 4.79 Å². The van der Waals surface area contributed by atoms with E-state index in [4.69, 9.17) is 10.8 Å². The molecule has 0 spiro atoms. The highest BCUT2D eigenvalue weighted by Crippen LogP contribution is 2.00. The first-order valence-corrected chi connectivity index (χ1v) is 2.52. The summed E-state index contributed by atoms with van der Waals surface area (Å²) in [6, 6.07) is 0. The highest BCUT2D eigenvalue weighted by molar-refractivity contribution is 5.82. The van der Waals surface area contributed by atoms with Gasteiger partial charge < -0.3 is 15.6 Å². The monoisotopic (exact) mass is 133 g/mol. The molecule has 0 saturated heterocycles. The summed E-state index contributed by atoms with van der Waals surface area (Å²) in [4.78, 5) is 10.3. The summed E-state index contributed by atoms with van der Waals surface area (Å²) in [5.74, 6) is -0.774. The molecule has 0 aromatic heterocycles. The Balaban J connectivity index is 3.85. The number of aliphatic hydroxyl groups is 1. The first-order chi connectivity index (χ1) is 4.00. The van der Waals surface area contributed by atoms with Gasteiger partial charge in [0.05, 0.1) is 6.61 Å². The van der Waals surface area contributed by atoms with Crippen LogP contribution in [-0.4, -0.2) is 30.3 Å². The lowest BCUT2D eigenvalue weighted by molar-refractivity contribution is -0.139. The summed E-state index contributed by atoms with van der Waals surface area (Å²) in [7, 11) is 1.39. The van der Waals surface area contributed by atoms with Gasteiger partial charge in [-0.25, -0.2) is 0 Å². The molecule has 0 aliphatic heterocycles. The minimum absolute atomic E-state index is 0.0671. The van der Waals surface area contributed by atoms with Crippen molar-refractivity contribution in [2.24, 2.45) is 5.73 Å². The molecule has 9 heavy (non-hydrogen) atoms. The molecular formula is C5H11NO3. The van der Waals surface area contributed by atoms with Gasteiger partial charge in [0.1, 0.15) is 0 Å². The molecule has 0 bridgehead atoms. The van der Waals surface area contributed by atoms with E-state index in [1.807, 2.05) is 0 Å². The number of hydrogen-bond acceptors (Lipinski definition) is 3. The maximum atomic E-state index is 10.3. The third kappa shape index (κ3) is 2.43. The van der Waals surface area contributed by atoms with Crippen molar-refractivity contribution in [3.8, 4) is 0 Å². The van der Waals surface area contributed by atoms with Gasteiger partial charge in [0, 0.05) is 7.11 Å². The van der Waals surface area contributed by atoms with Crippen LogP contribution in [0.5, 0.6) is 0 Å². The zero-order valence-electron chi connectivity index (χ0n) is 5.55. The van der Waals surface area contributed by atoms with Crippen LogP contribution in [0.3, 0.4) is 0 Å². The van der Waals surface area contributed by atoms with Crippen molar-refractivity contribution in [3.63, 3.8) is 0 Å². The van der Waals surface area contributed by atoms with Crippen LogP contribution in [0.15, 0.2) is 0 Å². The maximum Gasteiger partial charge on any atom is 0.251 e. The topological polar surface area (TPSA) is 72.6 Å². The van der Waals surface area contributed by atoms with Crippen molar-refractivity contribution >= 4 is 5.91 Å². The predicted molar refractivity (Wildman–Crippen MR) is 31.7 cm³/mol. The molecule has 0 heterocycles. The number of primary amides is 1. The van der Waals surface area contributed by atoms with Gasteiger partial charge in [0.15, 0.2) is 5.60 Å². The van der Waals surface area contributed by atoms with Crippen molar-refractivity contribution in [1.29, 1.82) is 0 Å². The number of ether oxygens (including phenoxy) is 1. The molecule has 4 heteroatoms. The molecule has 0 aliphatic carbocycles. The SMILES string of the molecule is COCC(C)(O)C(N)=O. The molecule has 54 valence electrons. The van der Waals surface area contributed by atoms with Gasteiger partial charge in [-0.1, -0.05) is 0 Å². The second kappa shape index (κ2) is 2.80. The standard InChI is InChI=1S/C5H11NO3/c1-5(8,3-9-2)4(6)7/h8H,3H2,1-2H3,(H2,6,7). The average Bonchev–Trinajstić information content (AvgIpc) is 1.65. The molecule has 1 unspecified atom stereocenters. The Hall–Kier alpha value is -0.610. The Morgan fingerprint density at radius 3 is 2.44 bits per heavy atom. The normalized spacial score (nSPS) is 16.8. The average molecular weight is 133 g/mol. The summed E-state index contributed by atoms with van der Waals surface area (Å²) in [5, 5.41) is 8.99. The van der Waals surface area contributed by atoms with E-state index >= 15 is 0 Å². The lowest BCUT2D eigenvalue weighted by atomic mass is 10.1. The van der Waals surface area contributed by atoms with Crippen molar-refractivity contribution < 1.29 is 14.6 Å². The molecular weight excluding hydrogens is 122 g/mol. The fourth-order valence-corrected chi connectivity index (χ4v) is 0.352. The zero-order chi connectivity index (χ0) is 7.49. The highest BCUT2D eigenvalue weighted by Gasteiger charge is 2.26. The van der Waals surface area contributed by atoms with Gasteiger partial charge in [-0.3, -0.25) is 4.79 Å². The molecule has 0 aliphatic rings. The molecule has 0 rings (SSSR count). The van der Waals surface area contributed by atoms with E-state index in [2.05, 4.69) is 4.74 Å². The van der Waals surface area contributed by atoms with Crippen LogP contribution in [-0.2, 0) is 9.53 Å². The summed E-state index contributed by atoms with van der Waals surface area (Å²) >= 11 is 0. The Morgan fingerprint density at radius 2 is 2.33 bits per heavy atom. The minimum Gasteiger partial charge on any atom is -0.381 e. The third-order valence-corrected chi connectivity index (χ3v) is 0.956. The lowest BCUT2D eigenvalue weighted by Crippen LogP contribution is -2.44. The summed E-state index contributed by atoms with van der Waals surface area (Å²) in [5.41, 5.74) is 3.25. The Labute approximate surface area is 53.6 Å². The number of nitrogens with two attached hydrogens (primary N) is 1. The maximum absolute atomic E-state index is 10.3. The van der Waals surface area contributed by atoms with E-state index in [-0.39, 0.29) is 6.61 Å². The second-order valence-corrected chi connectivity index (χ2v) is 2.07. The number of carbonyl (C=O) groups is 1. The summed E-state index contributed by atoms with van der Waals surface area (Å²) < 4.78 is 4.52. The number of amides is 1. The van der Waals surface area contributed by atoms with Crippen LogP contribution < -0.4 is 5.73 Å². The summed E-state index contributed by atoms with van der Waals surface area (Å²) in [6.45, 7) is 1.24. The van der Waals surface area contributed by atoms with Gasteiger partial charge >= 0.3 is 0 Å². The fraction of sp³-hybridized carbons (Fsp3) is 0.800. The third-order valence-electron chi connectivity index (χ3n) is 0.956. The highest BCUT2D eigenvalue weighted by atomic mass is 16.5. The van der Waals surface area contributed by atoms with Crippen LogP contribution in [0.1, 0.15) is 6.92 Å².